The van der Waals surface area contributed by atoms with Gasteiger partial charge in [0, 0.05) is 12.7 Å². The second-order valence-corrected chi connectivity index (χ2v) is 5.88. The van der Waals surface area contributed by atoms with E-state index in [1.165, 1.54) is 0 Å². The van der Waals surface area contributed by atoms with Crippen molar-refractivity contribution in [2.24, 2.45) is 0 Å². The Morgan fingerprint density at radius 1 is 1.32 bits per heavy atom. The van der Waals surface area contributed by atoms with Crippen molar-refractivity contribution in [2.75, 3.05) is 13.1 Å². The molecule has 2 fully saturated rings. The number of hydrogen-bond acceptors (Lipinski definition) is 4. The molecule has 0 unspecified atom stereocenters. The number of nitrogens with zero attached hydrogens (tertiary/aromatic N) is 2. The van der Waals surface area contributed by atoms with Crippen LogP contribution in [0.1, 0.15) is 31.4 Å². The van der Waals surface area contributed by atoms with Crippen molar-refractivity contribution in [1.82, 2.24) is 20.5 Å². The lowest BCUT2D eigenvalue weighted by Gasteiger charge is -2.26. The number of nitrogens with one attached hydrogen (secondary N) is 2. The van der Waals surface area contributed by atoms with Crippen LogP contribution in [0.2, 0.25) is 0 Å². The second-order valence-electron chi connectivity index (χ2n) is 5.88. The molecular formula is C16H22N4O2. The molecule has 2 atom stereocenters. The highest BCUT2D eigenvalue weighted by Crippen LogP contribution is 2.20. The Kier molecular flexibility index (Phi) is 4.68. The lowest BCUT2D eigenvalue weighted by molar-refractivity contribution is -0.139. The molecule has 0 saturated carbocycles. The van der Waals surface area contributed by atoms with Crippen molar-refractivity contribution in [2.45, 2.75) is 44.3 Å². The minimum atomic E-state index is -0.335. The minimum absolute atomic E-state index is 0.0745. The number of likely N-dealkylation sites (tertiary alicyclic amines) is 1. The Morgan fingerprint density at radius 3 is 2.95 bits per heavy atom. The molecule has 22 heavy (non-hydrogen) atoms. The molecule has 0 aliphatic carbocycles. The van der Waals surface area contributed by atoms with E-state index in [-0.39, 0.29) is 23.9 Å². The summed E-state index contributed by atoms with van der Waals surface area (Å²) >= 11 is 0. The largest absolute Gasteiger partial charge is 0.349 e. The predicted molar refractivity (Wildman–Crippen MR) is 81.8 cm³/mol. The van der Waals surface area contributed by atoms with E-state index in [9.17, 15) is 9.59 Å². The average molecular weight is 302 g/mol. The maximum absolute atomic E-state index is 12.5. The molecule has 0 bridgehead atoms. The van der Waals surface area contributed by atoms with Gasteiger partial charge in [-0.25, -0.2) is 0 Å². The third-order valence-electron chi connectivity index (χ3n) is 4.37. The Balaban J connectivity index is 1.57. The molecule has 2 N–H and O–H groups in total. The number of carbonyl (C=O) groups excluding carboxylic acids is 2. The normalized spacial score (nSPS) is 24.5. The summed E-state index contributed by atoms with van der Waals surface area (Å²) in [5, 5.41) is 6.12. The number of pyridine rings is 1. The van der Waals surface area contributed by atoms with Crippen molar-refractivity contribution in [3.63, 3.8) is 0 Å². The SMILES string of the molecule is O=C(NCc1ccccn1)[C@@H]1CCCN1C(=O)[C@@H]1CCCN1. The molecule has 2 amide bonds. The van der Waals surface area contributed by atoms with Gasteiger partial charge in [0.05, 0.1) is 18.3 Å². The molecule has 1 aromatic heterocycles. The third-order valence-corrected chi connectivity index (χ3v) is 4.37. The Hall–Kier alpha value is -1.95. The topological polar surface area (TPSA) is 74.3 Å². The van der Waals surface area contributed by atoms with Crippen LogP contribution < -0.4 is 10.6 Å². The average Bonchev–Trinajstić information content (AvgIpc) is 3.24. The zero-order valence-electron chi connectivity index (χ0n) is 12.6. The number of rotatable bonds is 4. The number of carbonyl (C=O) groups is 2. The maximum Gasteiger partial charge on any atom is 0.243 e. The standard InChI is InChI=1S/C16H22N4O2/c21-15(19-11-12-5-1-2-8-17-12)14-7-4-10-20(14)16(22)13-6-3-9-18-13/h1-2,5,8,13-14,18H,3-4,6-7,9-11H2,(H,19,21)/t13-,14-/m0/s1. The number of hydrogen-bond donors (Lipinski definition) is 2. The van der Waals surface area contributed by atoms with E-state index in [0.717, 1.165) is 37.9 Å². The van der Waals surface area contributed by atoms with Crippen LogP contribution in [0.4, 0.5) is 0 Å². The van der Waals surface area contributed by atoms with E-state index in [1.54, 1.807) is 11.1 Å². The van der Waals surface area contributed by atoms with Gasteiger partial charge in [0.25, 0.3) is 0 Å². The fourth-order valence-electron chi connectivity index (χ4n) is 3.20. The molecule has 1 aromatic rings. The van der Waals surface area contributed by atoms with Crippen molar-refractivity contribution in [3.8, 4) is 0 Å². The molecule has 0 aromatic carbocycles. The molecule has 118 valence electrons. The molecule has 2 aliphatic rings. The van der Waals surface area contributed by atoms with E-state index >= 15 is 0 Å². The van der Waals surface area contributed by atoms with Gasteiger partial charge < -0.3 is 15.5 Å². The Morgan fingerprint density at radius 2 is 2.23 bits per heavy atom. The summed E-state index contributed by atoms with van der Waals surface area (Å²) in [6.07, 6.45) is 5.24. The highest BCUT2D eigenvalue weighted by Gasteiger charge is 2.37. The molecule has 3 heterocycles. The van der Waals surface area contributed by atoms with Gasteiger partial charge in [-0.1, -0.05) is 6.07 Å². The molecule has 0 radical (unpaired) electrons. The summed E-state index contributed by atoms with van der Waals surface area (Å²) in [6, 6.07) is 5.17. The third kappa shape index (κ3) is 3.27. The van der Waals surface area contributed by atoms with E-state index in [2.05, 4.69) is 15.6 Å². The molecule has 6 heteroatoms. The van der Waals surface area contributed by atoms with Crippen LogP contribution in [0, 0.1) is 0 Å². The number of aromatic nitrogens is 1. The summed E-state index contributed by atoms with van der Waals surface area (Å²) in [4.78, 5) is 30.8. The second kappa shape index (κ2) is 6.87. The van der Waals surface area contributed by atoms with Gasteiger partial charge in [0.15, 0.2) is 0 Å². The summed E-state index contributed by atoms with van der Waals surface area (Å²) in [7, 11) is 0. The maximum atomic E-state index is 12.5. The first-order chi connectivity index (χ1) is 10.8. The van der Waals surface area contributed by atoms with Crippen LogP contribution in [0.5, 0.6) is 0 Å². The first-order valence-electron chi connectivity index (χ1n) is 7.97. The van der Waals surface area contributed by atoms with Crippen LogP contribution >= 0.6 is 0 Å². The van der Waals surface area contributed by atoms with Crippen LogP contribution in [0.25, 0.3) is 0 Å². The minimum Gasteiger partial charge on any atom is -0.349 e. The van der Waals surface area contributed by atoms with Gasteiger partial charge in [-0.2, -0.15) is 0 Å². The van der Waals surface area contributed by atoms with Crippen LogP contribution in [0.3, 0.4) is 0 Å². The van der Waals surface area contributed by atoms with Crippen LogP contribution in [0.15, 0.2) is 24.4 Å². The molecule has 0 spiro atoms. The Bertz CT molecular complexity index is 528. The molecule has 3 rings (SSSR count). The quantitative estimate of drug-likeness (QED) is 0.846. The van der Waals surface area contributed by atoms with Gasteiger partial charge >= 0.3 is 0 Å². The predicted octanol–water partition coefficient (Wildman–Crippen LogP) is 0.441. The fraction of sp³-hybridized carbons (Fsp3) is 0.562. The smallest absolute Gasteiger partial charge is 0.243 e. The summed E-state index contributed by atoms with van der Waals surface area (Å²) in [6.45, 7) is 1.97. The zero-order chi connectivity index (χ0) is 15.4. The molecule has 2 aliphatic heterocycles. The lowest BCUT2D eigenvalue weighted by Crippen LogP contribution is -2.51. The van der Waals surface area contributed by atoms with Crippen molar-refractivity contribution >= 4 is 11.8 Å². The number of amides is 2. The van der Waals surface area contributed by atoms with Crippen LogP contribution in [-0.2, 0) is 16.1 Å². The van der Waals surface area contributed by atoms with Crippen molar-refractivity contribution in [1.29, 1.82) is 0 Å². The highest BCUT2D eigenvalue weighted by atomic mass is 16.2. The first kappa shape index (κ1) is 15.0. The van der Waals surface area contributed by atoms with Gasteiger partial charge in [-0.3, -0.25) is 14.6 Å². The van der Waals surface area contributed by atoms with Crippen molar-refractivity contribution < 1.29 is 9.59 Å². The fourth-order valence-corrected chi connectivity index (χ4v) is 3.20. The van der Waals surface area contributed by atoms with E-state index in [4.69, 9.17) is 0 Å². The molecular weight excluding hydrogens is 280 g/mol. The van der Waals surface area contributed by atoms with Gasteiger partial charge in [-0.15, -0.1) is 0 Å². The van der Waals surface area contributed by atoms with E-state index in [0.29, 0.717) is 13.1 Å². The van der Waals surface area contributed by atoms with Gasteiger partial charge in [-0.05, 0) is 44.4 Å². The summed E-state index contributed by atoms with van der Waals surface area (Å²) < 4.78 is 0. The summed E-state index contributed by atoms with van der Waals surface area (Å²) in [5.41, 5.74) is 0.823. The highest BCUT2D eigenvalue weighted by molar-refractivity contribution is 5.90. The molecule has 2 saturated heterocycles. The van der Waals surface area contributed by atoms with E-state index in [1.807, 2.05) is 18.2 Å². The monoisotopic (exact) mass is 302 g/mol. The van der Waals surface area contributed by atoms with Gasteiger partial charge in [0.1, 0.15) is 6.04 Å². The van der Waals surface area contributed by atoms with E-state index < -0.39 is 0 Å². The Labute approximate surface area is 130 Å². The first-order valence-corrected chi connectivity index (χ1v) is 7.97. The molecule has 6 nitrogen and oxygen atoms in total. The zero-order valence-corrected chi connectivity index (χ0v) is 12.6. The lowest BCUT2D eigenvalue weighted by atomic mass is 10.1. The van der Waals surface area contributed by atoms with Gasteiger partial charge in [0.2, 0.25) is 11.8 Å². The van der Waals surface area contributed by atoms with Crippen LogP contribution in [-0.4, -0.2) is 46.9 Å². The van der Waals surface area contributed by atoms with Crippen molar-refractivity contribution in [3.05, 3.63) is 30.1 Å². The summed E-state index contributed by atoms with van der Waals surface area (Å²) in [5.74, 6) is 0.00230.